The maximum Gasteiger partial charge on any atom is 0.254 e. The lowest BCUT2D eigenvalue weighted by molar-refractivity contribution is -0.134. The Kier molecular flexibility index (Phi) is 9.09. The van der Waals surface area contributed by atoms with E-state index in [2.05, 4.69) is 32.6 Å². The van der Waals surface area contributed by atoms with Crippen LogP contribution in [0, 0.1) is 0 Å². The molecule has 9 heteroatoms. The van der Waals surface area contributed by atoms with Gasteiger partial charge in [0.25, 0.3) is 5.91 Å². The van der Waals surface area contributed by atoms with Crippen molar-refractivity contribution in [3.63, 3.8) is 0 Å². The number of halogens is 2. The van der Waals surface area contributed by atoms with Gasteiger partial charge in [-0.15, -0.1) is 12.4 Å². The van der Waals surface area contributed by atoms with Crippen molar-refractivity contribution in [3.8, 4) is 11.5 Å². The van der Waals surface area contributed by atoms with E-state index >= 15 is 0 Å². The molecule has 1 fully saturated rings. The van der Waals surface area contributed by atoms with Gasteiger partial charge in [-0.25, -0.2) is 0 Å². The van der Waals surface area contributed by atoms with Crippen LogP contribution in [0.4, 0.5) is 5.69 Å². The molecule has 0 unspecified atom stereocenters. The van der Waals surface area contributed by atoms with Crippen LogP contribution in [0.3, 0.4) is 0 Å². The molecule has 1 heterocycles. The quantitative estimate of drug-likeness (QED) is 0.369. The highest BCUT2D eigenvalue weighted by Gasteiger charge is 2.51. The summed E-state index contributed by atoms with van der Waals surface area (Å²) in [6.45, 7) is 2.06. The van der Waals surface area contributed by atoms with Gasteiger partial charge in [0.2, 0.25) is 5.91 Å². The number of ether oxygens (including phenoxy) is 2. The average molecular weight is 617 g/mol. The minimum Gasteiger partial charge on any atom is -0.496 e. The Labute approximate surface area is 244 Å². The summed E-state index contributed by atoms with van der Waals surface area (Å²) in [5.41, 5.74) is 0.780. The number of hydrogen-bond acceptors (Lipinski definition) is 5. The summed E-state index contributed by atoms with van der Waals surface area (Å²) in [5.74, 6) is 0.956. The Morgan fingerprint density at radius 2 is 1.90 bits per heavy atom. The first-order valence-electron chi connectivity index (χ1n) is 13.2. The normalized spacial score (nSPS) is 18.9. The first-order chi connectivity index (χ1) is 18.4. The fourth-order valence-electron chi connectivity index (χ4n) is 5.70. The van der Waals surface area contributed by atoms with Crippen molar-refractivity contribution in [2.24, 2.45) is 0 Å². The monoisotopic (exact) mass is 615 g/mol. The third kappa shape index (κ3) is 5.60. The number of carbonyl (C=O) groups is 2. The zero-order valence-corrected chi connectivity index (χ0v) is 24.9. The van der Waals surface area contributed by atoms with E-state index in [-0.39, 0.29) is 30.8 Å². The fraction of sp³-hybridized carbons (Fsp3) is 0.400. The van der Waals surface area contributed by atoms with Crippen molar-refractivity contribution < 1.29 is 19.1 Å². The van der Waals surface area contributed by atoms with Gasteiger partial charge < -0.3 is 25.0 Å². The number of rotatable bonds is 6. The molecule has 5 rings (SSSR count). The summed E-state index contributed by atoms with van der Waals surface area (Å²) in [6.07, 6.45) is 4.36. The molecule has 0 radical (unpaired) electrons. The minimum absolute atomic E-state index is 0. The van der Waals surface area contributed by atoms with E-state index in [0.29, 0.717) is 30.0 Å². The first kappa shape index (κ1) is 29.2. The molecule has 2 atom stereocenters. The molecule has 39 heavy (non-hydrogen) atoms. The van der Waals surface area contributed by atoms with E-state index in [1.165, 1.54) is 0 Å². The van der Waals surface area contributed by atoms with Gasteiger partial charge in [0.1, 0.15) is 23.1 Å². The zero-order valence-electron chi connectivity index (χ0n) is 22.5. The number of nitrogens with one attached hydrogen (secondary N) is 2. The fourth-order valence-corrected chi connectivity index (χ4v) is 6.08. The molecule has 3 aromatic carbocycles. The smallest absolute Gasteiger partial charge is 0.254 e. The second-order valence-corrected chi connectivity index (χ2v) is 11.1. The second-order valence-electron chi connectivity index (χ2n) is 10.2. The summed E-state index contributed by atoms with van der Waals surface area (Å²) in [4.78, 5) is 29.5. The van der Waals surface area contributed by atoms with Gasteiger partial charge in [-0.1, -0.05) is 46.6 Å². The predicted octanol–water partition coefficient (Wildman–Crippen LogP) is 5.75. The van der Waals surface area contributed by atoms with Crippen molar-refractivity contribution in [2.75, 3.05) is 19.1 Å². The number of carbonyl (C=O) groups excluding carboxylic acids is 2. The van der Waals surface area contributed by atoms with Crippen molar-refractivity contribution in [2.45, 2.75) is 63.3 Å². The van der Waals surface area contributed by atoms with Crippen LogP contribution in [-0.4, -0.2) is 43.7 Å². The van der Waals surface area contributed by atoms with Crippen LogP contribution in [0.25, 0.3) is 10.8 Å². The molecule has 1 saturated carbocycles. The predicted molar refractivity (Wildman–Crippen MR) is 160 cm³/mol. The van der Waals surface area contributed by atoms with Gasteiger partial charge in [-0.3, -0.25) is 9.59 Å². The molecule has 1 aliphatic heterocycles. The number of para-hydroxylation sites is 2. The number of methoxy groups -OCH3 is 1. The summed E-state index contributed by atoms with van der Waals surface area (Å²) < 4.78 is 13.5. The zero-order chi connectivity index (χ0) is 26.9. The van der Waals surface area contributed by atoms with Crippen LogP contribution in [0.5, 0.6) is 11.5 Å². The van der Waals surface area contributed by atoms with Gasteiger partial charge in [0.15, 0.2) is 0 Å². The van der Waals surface area contributed by atoms with E-state index in [1.54, 1.807) is 26.0 Å². The molecule has 0 aromatic heterocycles. The molecule has 208 valence electrons. The number of likely N-dealkylation sites (N-methyl/N-ethyl adjacent to an activating group) is 1. The molecule has 7 nitrogen and oxygen atoms in total. The first-order valence-corrected chi connectivity index (χ1v) is 14.0. The molecule has 0 saturated heterocycles. The highest BCUT2D eigenvalue weighted by molar-refractivity contribution is 9.10. The maximum absolute atomic E-state index is 14.6. The van der Waals surface area contributed by atoms with Gasteiger partial charge in [-0.05, 0) is 80.8 Å². The Morgan fingerprint density at radius 1 is 1.15 bits per heavy atom. The lowest BCUT2D eigenvalue weighted by Crippen LogP contribution is -2.64. The summed E-state index contributed by atoms with van der Waals surface area (Å²) >= 11 is 3.56. The Balaban J connectivity index is 0.00000353. The third-order valence-corrected chi connectivity index (χ3v) is 8.40. The van der Waals surface area contributed by atoms with Crippen molar-refractivity contribution in [1.29, 1.82) is 0 Å². The van der Waals surface area contributed by atoms with E-state index in [0.717, 1.165) is 40.1 Å². The van der Waals surface area contributed by atoms with Crippen LogP contribution in [0.2, 0.25) is 0 Å². The van der Waals surface area contributed by atoms with Crippen LogP contribution in [0.1, 0.15) is 44.6 Å². The molecular formula is C30H35BrClN3O4. The highest BCUT2D eigenvalue weighted by atomic mass is 79.9. The molecule has 1 spiro atoms. The summed E-state index contributed by atoms with van der Waals surface area (Å²) in [5, 5.41) is 8.11. The second kappa shape index (κ2) is 12.1. The SMILES string of the molecule is CN[C@@H](C)C(=O)N[C@@H]1C(=O)N(Cc2c(OC)ccc3cc(Br)ccc23)c2ccccc2OC12CCCCC2.Cl. The number of hydrogen-bond donors (Lipinski definition) is 2. The van der Waals surface area contributed by atoms with Crippen LogP contribution >= 0.6 is 28.3 Å². The Morgan fingerprint density at radius 3 is 2.62 bits per heavy atom. The summed E-state index contributed by atoms with van der Waals surface area (Å²) in [7, 11) is 3.38. The third-order valence-electron chi connectivity index (χ3n) is 7.91. The molecule has 2 N–H and O–H groups in total. The average Bonchev–Trinajstić information content (AvgIpc) is 3.02. The van der Waals surface area contributed by atoms with E-state index in [4.69, 9.17) is 9.47 Å². The number of nitrogens with zero attached hydrogens (tertiary/aromatic N) is 1. The van der Waals surface area contributed by atoms with Crippen LogP contribution < -0.4 is 25.0 Å². The van der Waals surface area contributed by atoms with Gasteiger partial charge in [0.05, 0.1) is 25.4 Å². The van der Waals surface area contributed by atoms with Gasteiger partial charge in [-0.2, -0.15) is 0 Å². The Bertz CT molecular complexity index is 1360. The highest BCUT2D eigenvalue weighted by Crippen LogP contribution is 2.44. The molecule has 1 aliphatic carbocycles. The lowest BCUT2D eigenvalue weighted by atomic mass is 9.78. The molecule has 3 aromatic rings. The maximum atomic E-state index is 14.6. The van der Waals surface area contributed by atoms with Crippen LogP contribution in [0.15, 0.2) is 59.1 Å². The molecule has 2 amide bonds. The van der Waals surface area contributed by atoms with Gasteiger partial charge >= 0.3 is 0 Å². The van der Waals surface area contributed by atoms with Crippen molar-refractivity contribution in [1.82, 2.24) is 10.6 Å². The van der Waals surface area contributed by atoms with E-state index in [1.807, 2.05) is 48.5 Å². The largest absolute Gasteiger partial charge is 0.496 e. The van der Waals surface area contributed by atoms with E-state index in [9.17, 15) is 9.59 Å². The van der Waals surface area contributed by atoms with Crippen molar-refractivity contribution in [3.05, 3.63) is 64.6 Å². The topological polar surface area (TPSA) is 79.9 Å². The number of amides is 2. The standard InChI is InChI=1S/C30H34BrN3O4.ClH/c1-19(32-2)28(35)33-27-29(36)34(18-23-22-13-12-21(31)17-20(22)11-14-25(23)37-3)24-9-5-6-10-26(24)38-30(27)15-7-4-8-16-30;/h5-6,9-14,17,19,27,32H,4,7-8,15-16,18H2,1-3H3,(H,33,35);1H/t19-,27+;/m0./s1. The molecule has 2 aliphatic rings. The minimum atomic E-state index is -0.825. The number of benzene rings is 3. The van der Waals surface area contributed by atoms with E-state index < -0.39 is 17.7 Å². The van der Waals surface area contributed by atoms with Crippen molar-refractivity contribution >= 4 is 56.6 Å². The van der Waals surface area contributed by atoms with Crippen LogP contribution in [-0.2, 0) is 16.1 Å². The lowest BCUT2D eigenvalue weighted by Gasteiger charge is -2.42. The summed E-state index contributed by atoms with van der Waals surface area (Å²) in [6, 6.07) is 16.4. The Hall–Kier alpha value is -2.81. The molecular weight excluding hydrogens is 582 g/mol. The molecule has 0 bridgehead atoms. The number of fused-ring (bicyclic) bond motifs is 2. The number of anilines is 1. The van der Waals surface area contributed by atoms with Gasteiger partial charge in [0, 0.05) is 10.0 Å².